The molecule has 0 unspecified atom stereocenters. The van der Waals surface area contributed by atoms with E-state index in [4.69, 9.17) is 11.3 Å². The van der Waals surface area contributed by atoms with E-state index < -0.39 is 54.0 Å². The van der Waals surface area contributed by atoms with Crippen LogP contribution in [0.2, 0.25) is 0 Å². The van der Waals surface area contributed by atoms with Crippen molar-refractivity contribution >= 4 is 17.3 Å². The predicted molar refractivity (Wildman–Crippen MR) is 81.8 cm³/mol. The lowest BCUT2D eigenvalue weighted by atomic mass is 10.1. The highest BCUT2D eigenvalue weighted by Gasteiger charge is 2.36. The van der Waals surface area contributed by atoms with E-state index in [0.717, 1.165) is 12.1 Å². The van der Waals surface area contributed by atoms with Crippen LogP contribution in [-0.4, -0.2) is 30.8 Å². The molecule has 0 saturated heterocycles. The summed E-state index contributed by atoms with van der Waals surface area (Å²) in [5.74, 6) is -1.02. The van der Waals surface area contributed by atoms with E-state index >= 15 is 0 Å². The van der Waals surface area contributed by atoms with Gasteiger partial charge in [-0.1, -0.05) is 6.07 Å². The molecule has 0 bridgehead atoms. The summed E-state index contributed by atoms with van der Waals surface area (Å²) in [6.45, 7) is 8.72. The third-order valence-corrected chi connectivity index (χ3v) is 2.88. The van der Waals surface area contributed by atoms with Crippen molar-refractivity contribution in [2.75, 3.05) is 18.0 Å². The third kappa shape index (κ3) is 6.82. The number of hydrogen-bond acceptors (Lipinski definition) is 3. The van der Waals surface area contributed by atoms with Gasteiger partial charge >= 0.3 is 18.3 Å². The van der Waals surface area contributed by atoms with E-state index in [1.165, 1.54) is 20.8 Å². The summed E-state index contributed by atoms with van der Waals surface area (Å²) in [6, 6.07) is 2.12. The molecule has 0 radical (unpaired) electrons. The van der Waals surface area contributed by atoms with Crippen LogP contribution in [0.3, 0.4) is 0 Å². The minimum absolute atomic E-state index is 0.420. The summed E-state index contributed by atoms with van der Waals surface area (Å²) in [6.07, 6.45) is -9.69. The van der Waals surface area contributed by atoms with Crippen LogP contribution in [0, 0.1) is 6.57 Å². The number of anilines is 1. The van der Waals surface area contributed by atoms with E-state index in [-0.39, 0.29) is 0 Å². The van der Waals surface area contributed by atoms with Crippen LogP contribution in [0.25, 0.3) is 4.85 Å². The van der Waals surface area contributed by atoms with Crippen LogP contribution in [0.1, 0.15) is 26.3 Å². The number of ether oxygens (including phenoxy) is 1. The molecule has 1 aromatic rings. The second-order valence-electron chi connectivity index (χ2n) is 6.37. The van der Waals surface area contributed by atoms with Gasteiger partial charge in [-0.05, 0) is 32.9 Å². The molecule has 0 aliphatic rings. The first kappa shape index (κ1) is 21.6. The summed E-state index contributed by atoms with van der Waals surface area (Å²) in [5, 5.41) is 0. The van der Waals surface area contributed by atoms with E-state index in [2.05, 4.69) is 4.85 Å². The number of carbonyl (C=O) groups excluding carboxylic acids is 1. The monoisotopic (exact) mass is 382 g/mol. The standard InChI is InChI=1S/C16H16F6N2O2/c1-14(2,3)26-13(25)8-24(9-15(17,18)19)10-5-6-12(23-4)11(7-10)16(20,21)22/h5-7H,8-9H2,1-3H3. The zero-order valence-corrected chi connectivity index (χ0v) is 14.1. The summed E-state index contributed by atoms with van der Waals surface area (Å²) in [4.78, 5) is 15.0. The van der Waals surface area contributed by atoms with Gasteiger partial charge in [-0.3, -0.25) is 4.79 Å². The summed E-state index contributed by atoms with van der Waals surface area (Å²) < 4.78 is 82.4. The maximum atomic E-state index is 13.0. The number of halogens is 6. The molecule has 0 aliphatic carbocycles. The first-order valence-corrected chi connectivity index (χ1v) is 7.24. The lowest BCUT2D eigenvalue weighted by molar-refractivity contribution is -0.153. The molecule has 0 aromatic heterocycles. The number of alkyl halides is 6. The van der Waals surface area contributed by atoms with Crippen molar-refractivity contribution in [1.29, 1.82) is 0 Å². The van der Waals surface area contributed by atoms with Crippen molar-refractivity contribution in [3.8, 4) is 0 Å². The maximum absolute atomic E-state index is 13.0. The van der Waals surface area contributed by atoms with Crippen LogP contribution >= 0.6 is 0 Å². The molecular weight excluding hydrogens is 366 g/mol. The summed E-state index contributed by atoms with van der Waals surface area (Å²) in [7, 11) is 0. The van der Waals surface area contributed by atoms with E-state index in [0.29, 0.717) is 11.0 Å². The average molecular weight is 382 g/mol. The van der Waals surface area contributed by atoms with Crippen molar-refractivity contribution in [2.24, 2.45) is 0 Å². The fourth-order valence-corrected chi connectivity index (χ4v) is 2.03. The number of nitrogens with zero attached hydrogens (tertiary/aromatic N) is 2. The second kappa shape index (κ2) is 7.43. The third-order valence-electron chi connectivity index (χ3n) is 2.88. The molecule has 1 rings (SSSR count). The molecule has 0 saturated carbocycles. The molecule has 4 nitrogen and oxygen atoms in total. The minimum atomic E-state index is -4.92. The molecule has 0 N–H and O–H groups in total. The Hall–Kier alpha value is -2.44. The Balaban J connectivity index is 3.27. The molecule has 0 heterocycles. The highest BCUT2D eigenvalue weighted by molar-refractivity contribution is 5.77. The smallest absolute Gasteiger partial charge is 0.407 e. The highest BCUT2D eigenvalue weighted by Crippen LogP contribution is 2.39. The van der Waals surface area contributed by atoms with Crippen molar-refractivity contribution in [3.05, 3.63) is 35.2 Å². The molecular formula is C16H16F6N2O2. The molecule has 0 spiro atoms. The molecule has 26 heavy (non-hydrogen) atoms. The minimum Gasteiger partial charge on any atom is -0.459 e. The van der Waals surface area contributed by atoms with Crippen molar-refractivity contribution in [2.45, 2.75) is 38.7 Å². The molecule has 0 amide bonds. The Labute approximate surface area is 146 Å². The van der Waals surface area contributed by atoms with Gasteiger partial charge in [-0.25, -0.2) is 4.85 Å². The van der Waals surface area contributed by atoms with E-state index in [9.17, 15) is 31.1 Å². The number of hydrogen-bond donors (Lipinski definition) is 0. The number of benzene rings is 1. The van der Waals surface area contributed by atoms with Crippen LogP contribution in [0.4, 0.5) is 37.7 Å². The number of rotatable bonds is 4. The Morgan fingerprint density at radius 1 is 1.15 bits per heavy atom. The van der Waals surface area contributed by atoms with Gasteiger partial charge in [0.15, 0.2) is 5.69 Å². The predicted octanol–water partition coefficient (Wildman–Crippen LogP) is 4.97. The van der Waals surface area contributed by atoms with Gasteiger partial charge in [0, 0.05) is 5.69 Å². The SMILES string of the molecule is [C-]#[N+]c1ccc(N(CC(=O)OC(C)(C)C)CC(F)(F)F)cc1C(F)(F)F. The van der Waals surface area contributed by atoms with Crippen molar-refractivity contribution < 1.29 is 35.9 Å². The molecule has 144 valence electrons. The number of carbonyl (C=O) groups is 1. The Morgan fingerprint density at radius 3 is 2.15 bits per heavy atom. The lowest BCUT2D eigenvalue weighted by Crippen LogP contribution is -2.40. The molecule has 0 aliphatic heterocycles. The van der Waals surface area contributed by atoms with Crippen LogP contribution < -0.4 is 4.90 Å². The Kier molecular flexibility index (Phi) is 6.18. The molecule has 10 heteroatoms. The first-order chi connectivity index (χ1) is 11.6. The van der Waals surface area contributed by atoms with Gasteiger partial charge in [0.1, 0.15) is 18.7 Å². The second-order valence-corrected chi connectivity index (χ2v) is 6.37. The highest BCUT2D eigenvalue weighted by atomic mass is 19.4. The summed E-state index contributed by atoms with van der Waals surface area (Å²) in [5.41, 5.74) is -3.58. The topological polar surface area (TPSA) is 33.9 Å². The maximum Gasteiger partial charge on any atom is 0.407 e. The normalized spacial score (nSPS) is 12.5. The average Bonchev–Trinajstić information content (AvgIpc) is 2.41. The van der Waals surface area contributed by atoms with Gasteiger partial charge in [0.25, 0.3) is 0 Å². The molecule has 0 fully saturated rings. The van der Waals surface area contributed by atoms with Crippen LogP contribution in [-0.2, 0) is 15.7 Å². The quantitative estimate of drug-likeness (QED) is 0.419. The first-order valence-electron chi connectivity index (χ1n) is 7.24. The van der Waals surface area contributed by atoms with Crippen molar-refractivity contribution in [3.63, 3.8) is 0 Å². The zero-order valence-electron chi connectivity index (χ0n) is 14.1. The van der Waals surface area contributed by atoms with Gasteiger partial charge in [0.05, 0.1) is 12.1 Å². The molecule has 1 aromatic carbocycles. The van der Waals surface area contributed by atoms with Gasteiger partial charge < -0.3 is 9.64 Å². The van der Waals surface area contributed by atoms with Gasteiger partial charge in [0.2, 0.25) is 0 Å². The Bertz CT molecular complexity index is 699. The zero-order chi connectivity index (χ0) is 20.3. The van der Waals surface area contributed by atoms with E-state index in [1.54, 1.807) is 0 Å². The number of esters is 1. The fourth-order valence-electron chi connectivity index (χ4n) is 2.03. The van der Waals surface area contributed by atoms with Crippen LogP contribution in [0.15, 0.2) is 18.2 Å². The summed E-state index contributed by atoms with van der Waals surface area (Å²) >= 11 is 0. The van der Waals surface area contributed by atoms with E-state index in [1.807, 2.05) is 0 Å². The van der Waals surface area contributed by atoms with Crippen LogP contribution in [0.5, 0.6) is 0 Å². The Morgan fingerprint density at radius 2 is 1.73 bits per heavy atom. The largest absolute Gasteiger partial charge is 0.459 e. The lowest BCUT2D eigenvalue weighted by Gasteiger charge is -2.28. The van der Waals surface area contributed by atoms with Crippen molar-refractivity contribution in [1.82, 2.24) is 0 Å². The van der Waals surface area contributed by atoms with Gasteiger partial charge in [-0.15, -0.1) is 0 Å². The van der Waals surface area contributed by atoms with Gasteiger partial charge in [-0.2, -0.15) is 26.3 Å². The molecule has 0 atom stereocenters. The fraction of sp³-hybridized carbons (Fsp3) is 0.500.